The normalized spacial score (nSPS) is 18.2. The van der Waals surface area contributed by atoms with Gasteiger partial charge in [-0.15, -0.1) is 10.2 Å². The van der Waals surface area contributed by atoms with Crippen LogP contribution in [0.15, 0.2) is 39.5 Å². The van der Waals surface area contributed by atoms with Gasteiger partial charge in [0.05, 0.1) is 5.56 Å². The Bertz CT molecular complexity index is 998. The van der Waals surface area contributed by atoms with Crippen LogP contribution in [0.2, 0.25) is 0 Å². The van der Waals surface area contributed by atoms with Gasteiger partial charge in [0.2, 0.25) is 0 Å². The molecular weight excluding hydrogens is 429 g/mol. The highest BCUT2D eigenvalue weighted by Gasteiger charge is 2.33. The summed E-state index contributed by atoms with van der Waals surface area (Å²) >= 11 is 3.17. The number of hydrogen-bond donors (Lipinski definition) is 0. The quantitative estimate of drug-likeness (QED) is 0.598. The van der Waals surface area contributed by atoms with E-state index in [1.165, 1.54) is 10.5 Å². The summed E-state index contributed by atoms with van der Waals surface area (Å²) in [6, 6.07) is 5.50. The van der Waals surface area contributed by atoms with Crippen molar-refractivity contribution in [2.75, 3.05) is 13.1 Å². The van der Waals surface area contributed by atoms with Crippen LogP contribution in [0.1, 0.15) is 40.7 Å². The van der Waals surface area contributed by atoms with Crippen molar-refractivity contribution < 1.29 is 22.4 Å². The van der Waals surface area contributed by atoms with E-state index in [9.17, 15) is 18.0 Å². The first kappa shape index (κ1) is 18.0. The van der Waals surface area contributed by atoms with Gasteiger partial charge in [-0.3, -0.25) is 9.20 Å². The molecule has 4 heterocycles. The van der Waals surface area contributed by atoms with E-state index < -0.39 is 11.7 Å². The van der Waals surface area contributed by atoms with Crippen molar-refractivity contribution in [3.8, 4) is 0 Å². The van der Waals surface area contributed by atoms with Crippen LogP contribution in [0.4, 0.5) is 13.2 Å². The van der Waals surface area contributed by atoms with Crippen LogP contribution >= 0.6 is 15.9 Å². The number of nitrogens with zero attached hydrogens (tertiary/aromatic N) is 4. The smallest absolute Gasteiger partial charge is 0.417 e. The van der Waals surface area contributed by atoms with Gasteiger partial charge in [0.15, 0.2) is 16.1 Å². The largest absolute Gasteiger partial charge is 0.444 e. The van der Waals surface area contributed by atoms with Gasteiger partial charge in [0.1, 0.15) is 5.82 Å². The maximum Gasteiger partial charge on any atom is 0.417 e. The molecule has 6 nitrogen and oxygen atoms in total. The Morgan fingerprint density at radius 3 is 2.74 bits per heavy atom. The lowest BCUT2D eigenvalue weighted by Crippen LogP contribution is -2.39. The molecule has 142 valence electrons. The monoisotopic (exact) mass is 442 g/mol. The second kappa shape index (κ2) is 6.66. The van der Waals surface area contributed by atoms with Crippen molar-refractivity contribution in [2.24, 2.45) is 0 Å². The molecule has 0 aliphatic carbocycles. The van der Waals surface area contributed by atoms with Crippen LogP contribution < -0.4 is 0 Å². The summed E-state index contributed by atoms with van der Waals surface area (Å²) < 4.78 is 46.2. The van der Waals surface area contributed by atoms with E-state index in [4.69, 9.17) is 4.42 Å². The van der Waals surface area contributed by atoms with Crippen molar-refractivity contribution in [3.63, 3.8) is 0 Å². The molecular formula is C17H14BrF3N4O2. The van der Waals surface area contributed by atoms with Gasteiger partial charge in [-0.2, -0.15) is 13.2 Å². The Labute approximate surface area is 160 Å². The third-order valence-electron chi connectivity index (χ3n) is 4.61. The van der Waals surface area contributed by atoms with Crippen molar-refractivity contribution in [1.82, 2.24) is 19.5 Å². The summed E-state index contributed by atoms with van der Waals surface area (Å²) in [5, 5.41) is 8.06. The number of carbonyl (C=O) groups is 1. The molecule has 1 atom stereocenters. The summed E-state index contributed by atoms with van der Waals surface area (Å²) in [6.45, 7) is 0.895. The maximum atomic E-state index is 13.0. The molecule has 4 rings (SSSR count). The molecule has 3 aromatic rings. The fraction of sp³-hybridized carbons (Fsp3) is 0.353. The fourth-order valence-electron chi connectivity index (χ4n) is 3.31. The number of halogens is 4. The van der Waals surface area contributed by atoms with E-state index in [0.717, 1.165) is 12.3 Å². The molecule has 1 aliphatic heterocycles. The number of likely N-dealkylation sites (tertiary alicyclic amines) is 1. The predicted octanol–water partition coefficient (Wildman–Crippen LogP) is 4.12. The second-order valence-corrected chi connectivity index (χ2v) is 7.18. The van der Waals surface area contributed by atoms with Crippen LogP contribution in [0.5, 0.6) is 0 Å². The fourth-order valence-corrected chi connectivity index (χ4v) is 3.62. The highest BCUT2D eigenvalue weighted by molar-refractivity contribution is 9.10. The molecule has 10 heteroatoms. The lowest BCUT2D eigenvalue weighted by atomic mass is 9.97. The minimum Gasteiger partial charge on any atom is -0.444 e. The lowest BCUT2D eigenvalue weighted by molar-refractivity contribution is -0.137. The molecule has 1 fully saturated rings. The molecule has 0 saturated carbocycles. The molecule has 1 saturated heterocycles. The molecule has 0 spiro atoms. The van der Waals surface area contributed by atoms with Crippen LogP contribution in [-0.2, 0) is 6.18 Å². The zero-order valence-electron chi connectivity index (χ0n) is 13.9. The molecule has 1 aliphatic rings. The Kier molecular flexibility index (Phi) is 4.45. The Morgan fingerprint density at radius 2 is 2.04 bits per heavy atom. The van der Waals surface area contributed by atoms with Crippen LogP contribution in [0, 0.1) is 0 Å². The van der Waals surface area contributed by atoms with Gasteiger partial charge in [-0.25, -0.2) is 0 Å². The number of aromatic nitrogens is 3. The van der Waals surface area contributed by atoms with E-state index in [-0.39, 0.29) is 17.6 Å². The lowest BCUT2D eigenvalue weighted by Gasteiger charge is -2.31. The average molecular weight is 443 g/mol. The zero-order valence-corrected chi connectivity index (χ0v) is 15.5. The van der Waals surface area contributed by atoms with Crippen molar-refractivity contribution >= 4 is 27.5 Å². The minimum atomic E-state index is -4.45. The SMILES string of the molecule is O=C(c1ccc(Br)o1)N1CCCC(c2nnc3ccc(C(F)(F)F)cn23)C1. The topological polar surface area (TPSA) is 63.6 Å². The molecule has 1 unspecified atom stereocenters. The minimum absolute atomic E-state index is 0.209. The van der Waals surface area contributed by atoms with Crippen LogP contribution in [0.25, 0.3) is 5.65 Å². The third kappa shape index (κ3) is 3.45. The van der Waals surface area contributed by atoms with Gasteiger partial charge >= 0.3 is 6.18 Å². The van der Waals surface area contributed by atoms with Crippen LogP contribution in [0.3, 0.4) is 0 Å². The molecule has 0 N–H and O–H groups in total. The zero-order chi connectivity index (χ0) is 19.2. The molecule has 0 radical (unpaired) electrons. The number of alkyl halides is 3. The Morgan fingerprint density at radius 1 is 1.22 bits per heavy atom. The summed E-state index contributed by atoms with van der Waals surface area (Å²) in [5.74, 6) is 0.178. The summed E-state index contributed by atoms with van der Waals surface area (Å²) in [5.41, 5.74) is -0.420. The predicted molar refractivity (Wildman–Crippen MR) is 92.3 cm³/mol. The molecule has 3 aromatic heterocycles. The summed E-state index contributed by atoms with van der Waals surface area (Å²) in [4.78, 5) is 14.2. The first-order chi connectivity index (χ1) is 12.8. The van der Waals surface area contributed by atoms with Crippen molar-refractivity contribution in [3.05, 3.63) is 52.3 Å². The van der Waals surface area contributed by atoms with Crippen LogP contribution in [-0.4, -0.2) is 38.5 Å². The number of pyridine rings is 1. The Hall–Kier alpha value is -2.36. The first-order valence-corrected chi connectivity index (χ1v) is 9.09. The highest BCUT2D eigenvalue weighted by Crippen LogP contribution is 2.31. The van der Waals surface area contributed by atoms with Gasteiger partial charge in [-0.05, 0) is 53.0 Å². The van der Waals surface area contributed by atoms with E-state index in [1.54, 1.807) is 17.0 Å². The number of fused-ring (bicyclic) bond motifs is 1. The average Bonchev–Trinajstić information content (AvgIpc) is 3.26. The van der Waals surface area contributed by atoms with Crippen molar-refractivity contribution in [1.29, 1.82) is 0 Å². The molecule has 27 heavy (non-hydrogen) atoms. The maximum absolute atomic E-state index is 13.0. The number of rotatable bonds is 2. The van der Waals surface area contributed by atoms with Gasteiger partial charge < -0.3 is 9.32 Å². The van der Waals surface area contributed by atoms with Gasteiger partial charge in [-0.1, -0.05) is 0 Å². The third-order valence-corrected chi connectivity index (χ3v) is 5.04. The summed E-state index contributed by atoms with van der Waals surface area (Å²) in [7, 11) is 0. The number of furan rings is 1. The second-order valence-electron chi connectivity index (χ2n) is 6.40. The number of piperidine rings is 1. The molecule has 0 bridgehead atoms. The van der Waals surface area contributed by atoms with E-state index in [0.29, 0.717) is 42.1 Å². The first-order valence-electron chi connectivity index (χ1n) is 8.29. The standard InChI is InChI=1S/C17H14BrF3N4O2/c18-13-5-4-12(27-13)16(26)24-7-1-2-10(8-24)15-23-22-14-6-3-11(9-25(14)15)17(19,20)21/h3-6,9-10H,1-2,7-8H2. The highest BCUT2D eigenvalue weighted by atomic mass is 79.9. The van der Waals surface area contributed by atoms with Gasteiger partial charge in [0.25, 0.3) is 5.91 Å². The van der Waals surface area contributed by atoms with E-state index in [2.05, 4.69) is 26.1 Å². The van der Waals surface area contributed by atoms with Gasteiger partial charge in [0, 0.05) is 25.2 Å². The molecule has 1 amide bonds. The van der Waals surface area contributed by atoms with E-state index in [1.807, 2.05) is 0 Å². The number of hydrogen-bond acceptors (Lipinski definition) is 4. The number of carbonyl (C=O) groups excluding carboxylic acids is 1. The summed E-state index contributed by atoms with van der Waals surface area (Å²) in [6.07, 6.45) is -2.01. The Balaban J connectivity index is 1.62. The molecule has 0 aromatic carbocycles. The van der Waals surface area contributed by atoms with E-state index >= 15 is 0 Å². The number of amides is 1. The van der Waals surface area contributed by atoms with Crippen molar-refractivity contribution in [2.45, 2.75) is 24.9 Å².